The maximum Gasteiger partial charge on any atom is 0.253 e. The zero-order chi connectivity index (χ0) is 24.5. The van der Waals surface area contributed by atoms with E-state index in [1.807, 2.05) is 29.2 Å². The van der Waals surface area contributed by atoms with Crippen molar-refractivity contribution < 1.29 is 4.79 Å². The summed E-state index contributed by atoms with van der Waals surface area (Å²) in [5.41, 5.74) is 11.1. The van der Waals surface area contributed by atoms with Crippen LogP contribution >= 0.6 is 11.8 Å². The third-order valence-electron chi connectivity index (χ3n) is 6.72. The number of nitrogen functional groups attached to an aromatic ring is 1. The number of anilines is 4. The molecule has 0 aliphatic carbocycles. The summed E-state index contributed by atoms with van der Waals surface area (Å²) in [7, 11) is 0. The molecular weight excluding hydrogens is 466 g/mol. The third kappa shape index (κ3) is 4.43. The lowest BCUT2D eigenvalue weighted by Gasteiger charge is -2.35. The van der Waals surface area contributed by atoms with Gasteiger partial charge in [0.1, 0.15) is 5.82 Å². The smallest absolute Gasteiger partial charge is 0.253 e. The fourth-order valence-corrected chi connectivity index (χ4v) is 5.94. The number of nitrogens with zero attached hydrogens (tertiary/aromatic N) is 4. The highest BCUT2D eigenvalue weighted by atomic mass is 32.2. The van der Waals surface area contributed by atoms with E-state index in [1.54, 1.807) is 18.0 Å². The first-order chi connectivity index (χ1) is 17.7. The summed E-state index contributed by atoms with van der Waals surface area (Å²) < 4.78 is 0. The third-order valence-corrected chi connectivity index (χ3v) is 7.85. The van der Waals surface area contributed by atoms with Crippen LogP contribution in [0.3, 0.4) is 0 Å². The van der Waals surface area contributed by atoms with Crippen LogP contribution in [0.15, 0.2) is 101 Å². The number of pyridine rings is 1. The van der Waals surface area contributed by atoms with E-state index in [2.05, 4.69) is 75.4 Å². The molecule has 0 atom stereocenters. The second kappa shape index (κ2) is 9.68. The molecular formula is C29H27N5OS. The molecule has 0 spiro atoms. The van der Waals surface area contributed by atoms with Crippen LogP contribution in [0.4, 0.5) is 22.9 Å². The predicted octanol–water partition coefficient (Wildman–Crippen LogP) is 5.56. The van der Waals surface area contributed by atoms with Crippen LogP contribution in [-0.4, -0.2) is 46.9 Å². The highest BCUT2D eigenvalue weighted by Gasteiger charge is 2.25. The molecule has 0 bridgehead atoms. The van der Waals surface area contributed by atoms with Gasteiger partial charge in [-0.05, 0) is 66.2 Å². The van der Waals surface area contributed by atoms with Gasteiger partial charge in [-0.2, -0.15) is 0 Å². The summed E-state index contributed by atoms with van der Waals surface area (Å²) in [5, 5.41) is 0. The van der Waals surface area contributed by atoms with E-state index >= 15 is 0 Å². The van der Waals surface area contributed by atoms with Crippen molar-refractivity contribution in [1.82, 2.24) is 14.8 Å². The molecule has 6 nitrogen and oxygen atoms in total. The van der Waals surface area contributed by atoms with Gasteiger partial charge in [-0.1, -0.05) is 36.0 Å². The van der Waals surface area contributed by atoms with Crippen molar-refractivity contribution in [3.63, 3.8) is 0 Å². The Labute approximate surface area is 215 Å². The Morgan fingerprint density at radius 1 is 0.833 bits per heavy atom. The van der Waals surface area contributed by atoms with Crippen molar-refractivity contribution in [2.75, 3.05) is 36.8 Å². The topological polar surface area (TPSA) is 65.7 Å². The van der Waals surface area contributed by atoms with Crippen LogP contribution in [-0.2, 0) is 6.54 Å². The summed E-state index contributed by atoms with van der Waals surface area (Å²) in [6.07, 6.45) is 1.74. The van der Waals surface area contributed by atoms with Gasteiger partial charge in [0.15, 0.2) is 0 Å². The number of nitrogens with two attached hydrogens (primary N) is 1. The molecule has 0 unspecified atom stereocenters. The number of aromatic nitrogens is 1. The lowest BCUT2D eigenvalue weighted by Crippen LogP contribution is -2.48. The van der Waals surface area contributed by atoms with Crippen LogP contribution < -0.4 is 10.6 Å². The van der Waals surface area contributed by atoms with Gasteiger partial charge >= 0.3 is 0 Å². The van der Waals surface area contributed by atoms with Crippen molar-refractivity contribution in [1.29, 1.82) is 0 Å². The molecule has 4 aromatic rings. The maximum absolute atomic E-state index is 13.3. The number of para-hydroxylation sites is 2. The molecule has 1 amide bonds. The summed E-state index contributed by atoms with van der Waals surface area (Å²) in [5.74, 6) is 0.629. The summed E-state index contributed by atoms with van der Waals surface area (Å²) in [6, 6.07) is 28.8. The van der Waals surface area contributed by atoms with Crippen LogP contribution in [0.2, 0.25) is 0 Å². The van der Waals surface area contributed by atoms with Crippen LogP contribution in [0.1, 0.15) is 15.9 Å². The molecule has 1 saturated heterocycles. The first kappa shape index (κ1) is 22.6. The van der Waals surface area contributed by atoms with Crippen LogP contribution in [0.25, 0.3) is 0 Å². The molecule has 3 aromatic carbocycles. The minimum Gasteiger partial charge on any atom is -0.384 e. The SMILES string of the molecule is Nc1cc(CN2CCN(C(=O)c3ccc(N4c5ccccc5Sc5ccccc54)cc3)CC2)ccn1. The molecule has 6 rings (SSSR count). The molecule has 2 aliphatic heterocycles. The lowest BCUT2D eigenvalue weighted by molar-refractivity contribution is 0.0628. The molecule has 1 fully saturated rings. The molecule has 2 N–H and O–H groups in total. The number of carbonyl (C=O) groups excluding carboxylic acids is 1. The average molecular weight is 494 g/mol. The normalized spacial score (nSPS) is 15.3. The molecule has 180 valence electrons. The number of amides is 1. The monoisotopic (exact) mass is 493 g/mol. The van der Waals surface area contributed by atoms with Crippen molar-refractivity contribution in [3.8, 4) is 0 Å². The van der Waals surface area contributed by atoms with Gasteiger partial charge in [0.05, 0.1) is 11.4 Å². The molecule has 0 saturated carbocycles. The fraction of sp³-hybridized carbons (Fsp3) is 0.172. The van der Waals surface area contributed by atoms with E-state index in [4.69, 9.17) is 5.73 Å². The standard InChI is InChI=1S/C29H27N5OS/c30-28-19-21(13-14-31-28)20-32-15-17-33(18-16-32)29(35)22-9-11-23(12-10-22)34-24-5-1-3-7-26(24)36-27-8-4-2-6-25(27)34/h1-14,19H,15-18,20H2,(H2,30,31). The maximum atomic E-state index is 13.3. The first-order valence-electron chi connectivity index (χ1n) is 12.1. The highest BCUT2D eigenvalue weighted by molar-refractivity contribution is 7.99. The van der Waals surface area contributed by atoms with Crippen LogP contribution in [0.5, 0.6) is 0 Å². The average Bonchev–Trinajstić information content (AvgIpc) is 2.92. The molecule has 36 heavy (non-hydrogen) atoms. The van der Waals surface area contributed by atoms with E-state index in [-0.39, 0.29) is 5.91 Å². The van der Waals surface area contributed by atoms with Gasteiger partial charge in [-0.25, -0.2) is 4.98 Å². The van der Waals surface area contributed by atoms with E-state index < -0.39 is 0 Å². The molecule has 2 aliphatic rings. The van der Waals surface area contributed by atoms with Crippen molar-refractivity contribution in [3.05, 3.63) is 102 Å². The van der Waals surface area contributed by atoms with Gasteiger partial charge in [-0.3, -0.25) is 9.69 Å². The molecule has 7 heteroatoms. The Morgan fingerprint density at radius 3 is 2.11 bits per heavy atom. The number of carbonyl (C=O) groups is 1. The van der Waals surface area contributed by atoms with Gasteiger partial charge in [0, 0.05) is 60.0 Å². The Hall–Kier alpha value is -3.81. The Kier molecular flexibility index (Phi) is 6.09. The van der Waals surface area contributed by atoms with E-state index in [9.17, 15) is 4.79 Å². The van der Waals surface area contributed by atoms with Gasteiger partial charge in [0.25, 0.3) is 5.91 Å². The van der Waals surface area contributed by atoms with Gasteiger partial charge in [-0.15, -0.1) is 0 Å². The second-order valence-corrected chi connectivity index (χ2v) is 10.2. The predicted molar refractivity (Wildman–Crippen MR) is 145 cm³/mol. The Balaban J connectivity index is 1.16. The molecule has 3 heterocycles. The fourth-order valence-electron chi connectivity index (χ4n) is 4.88. The summed E-state index contributed by atoms with van der Waals surface area (Å²) >= 11 is 1.79. The minimum atomic E-state index is 0.0874. The van der Waals surface area contributed by atoms with Gasteiger partial charge < -0.3 is 15.5 Å². The number of hydrogen-bond donors (Lipinski definition) is 1. The van der Waals surface area contributed by atoms with E-state index in [1.165, 1.54) is 9.79 Å². The Bertz CT molecular complexity index is 1350. The number of piperazine rings is 1. The zero-order valence-electron chi connectivity index (χ0n) is 19.9. The molecule has 1 aromatic heterocycles. The van der Waals surface area contributed by atoms with Crippen molar-refractivity contribution in [2.24, 2.45) is 0 Å². The first-order valence-corrected chi connectivity index (χ1v) is 13.0. The minimum absolute atomic E-state index is 0.0874. The van der Waals surface area contributed by atoms with E-state index in [0.29, 0.717) is 18.9 Å². The Morgan fingerprint density at radius 2 is 1.47 bits per heavy atom. The summed E-state index contributed by atoms with van der Waals surface area (Å²) in [6.45, 7) is 3.92. The largest absolute Gasteiger partial charge is 0.384 e. The second-order valence-electron chi connectivity index (χ2n) is 9.08. The highest BCUT2D eigenvalue weighted by Crippen LogP contribution is 2.51. The van der Waals surface area contributed by atoms with Crippen molar-refractivity contribution >= 4 is 40.5 Å². The van der Waals surface area contributed by atoms with Crippen molar-refractivity contribution in [2.45, 2.75) is 16.3 Å². The zero-order valence-corrected chi connectivity index (χ0v) is 20.7. The number of benzene rings is 3. The number of fused-ring (bicyclic) bond motifs is 2. The molecule has 0 radical (unpaired) electrons. The summed E-state index contributed by atoms with van der Waals surface area (Å²) in [4.78, 5) is 26.4. The number of rotatable bonds is 4. The van der Waals surface area contributed by atoms with Crippen LogP contribution in [0, 0.1) is 0 Å². The van der Waals surface area contributed by atoms with Gasteiger partial charge in [0.2, 0.25) is 0 Å². The quantitative estimate of drug-likeness (QED) is 0.354. The van der Waals surface area contributed by atoms with E-state index in [0.717, 1.165) is 47.8 Å². The lowest BCUT2D eigenvalue weighted by atomic mass is 10.1. The number of hydrogen-bond acceptors (Lipinski definition) is 6.